The largest absolute Gasteiger partial charge is 0.454 e. The molecule has 7 rings (SSSR count). The summed E-state index contributed by atoms with van der Waals surface area (Å²) in [5.74, 6) is -1.10. The molecule has 2 bridgehead atoms. The van der Waals surface area contributed by atoms with Crippen molar-refractivity contribution in [2.45, 2.75) is 120 Å². The van der Waals surface area contributed by atoms with Crippen molar-refractivity contribution >= 4 is 59.9 Å². The molecule has 0 aromatic carbocycles. The molecule has 2 unspecified atom stereocenters. The maximum atomic E-state index is 16.5. The predicted molar refractivity (Wildman–Crippen MR) is 210 cm³/mol. The number of anilines is 1. The van der Waals surface area contributed by atoms with E-state index in [2.05, 4.69) is 36.8 Å². The molecule has 3 saturated heterocycles. The third kappa shape index (κ3) is 10.3. The number of ether oxygens (including phenoxy) is 4. The van der Waals surface area contributed by atoms with Crippen molar-refractivity contribution in [3.05, 3.63) is 35.7 Å². The Bertz CT molecular complexity index is 2260. The highest BCUT2D eigenvalue weighted by atomic mass is 32.7. The Morgan fingerprint density at radius 2 is 1.57 bits per heavy atom. The van der Waals surface area contributed by atoms with E-state index in [1.807, 2.05) is 0 Å². The summed E-state index contributed by atoms with van der Waals surface area (Å²) in [5.41, 5.74) is 5.37. The number of nitrogens with two attached hydrogens (primary N) is 1. The second-order valence-corrected chi connectivity index (χ2v) is 20.3. The van der Waals surface area contributed by atoms with Crippen LogP contribution in [-0.2, 0) is 46.4 Å². The van der Waals surface area contributed by atoms with Crippen LogP contribution in [0.2, 0.25) is 0 Å². The summed E-state index contributed by atoms with van der Waals surface area (Å²) in [5, 5.41) is 0. The summed E-state index contributed by atoms with van der Waals surface area (Å²) in [6.45, 7) is -4.10. The number of aromatic nitrogens is 8. The summed E-state index contributed by atoms with van der Waals surface area (Å²) < 4.78 is 103. The van der Waals surface area contributed by atoms with E-state index < -0.39 is 101 Å². The van der Waals surface area contributed by atoms with Crippen molar-refractivity contribution in [3.63, 3.8) is 0 Å². The number of alkyl halides is 2. The van der Waals surface area contributed by atoms with E-state index in [0.717, 1.165) is 44.7 Å². The highest BCUT2D eigenvalue weighted by Crippen LogP contribution is 2.64. The SMILES string of the molecule is CCCCCCCCCCCC(=O)OCSP1(=O)OC[C@H]2O[C@@H](n3cnc4c(N)ncnc43)[C@H](F)[C@@H]2OCP(=O)(O)OC[C@H]2O[C@@H](n3cnc4c(=O)[nH]cnc43)[C@H](O1)[C@@H]2F. The molecular formula is C34H47F2N9O12P2S. The molecule has 4 N–H and O–H groups in total. The monoisotopic (exact) mass is 905 g/mol. The van der Waals surface area contributed by atoms with Gasteiger partial charge in [-0.3, -0.25) is 32.3 Å². The van der Waals surface area contributed by atoms with Crippen molar-refractivity contribution in [2.75, 3.05) is 31.2 Å². The molecule has 0 aliphatic carbocycles. The standard InChI is InChI=1S/C34H47F2N9O12P2S/c1-2-3-4-5-6-7-8-9-10-11-22(46)52-19-60-59(50)54-13-21-27(24(36)33(56-21)44-16-42-25-29(37)38-14-39-30(25)44)51-18-58(48,49)53-12-20-23(35)28(57-59)34(55-20)45-17-43-26-31(45)40-15-41-32(26)47/h14-17,20-21,23-24,27-28,33-34H,2-13,18-19H2,1H3,(H,48,49)(H2,37,38,39)(H,40,41,47)/t20-,21-,23-,24-,27-,28-,33-,34-,59?/m1/s1. The van der Waals surface area contributed by atoms with E-state index in [-0.39, 0.29) is 34.6 Å². The second-order valence-electron chi connectivity index (χ2n) is 14.5. The number of esters is 1. The number of aromatic amines is 1. The van der Waals surface area contributed by atoms with Gasteiger partial charge in [0.15, 0.2) is 47.4 Å². The molecule has 3 aliphatic heterocycles. The van der Waals surface area contributed by atoms with Crippen LogP contribution >= 0.6 is 25.8 Å². The molecular weight excluding hydrogens is 858 g/mol. The number of H-pyrrole nitrogens is 1. The highest BCUT2D eigenvalue weighted by Gasteiger charge is 2.54. The number of nitrogens with one attached hydrogen (secondary N) is 1. The van der Waals surface area contributed by atoms with Crippen molar-refractivity contribution in [3.8, 4) is 0 Å². The van der Waals surface area contributed by atoms with Crippen molar-refractivity contribution in [1.29, 1.82) is 0 Å². The molecule has 4 aromatic rings. The van der Waals surface area contributed by atoms with Crippen LogP contribution in [0.3, 0.4) is 0 Å². The quantitative estimate of drug-likeness (QED) is 0.0596. The van der Waals surface area contributed by atoms with Crippen LogP contribution in [0.4, 0.5) is 14.6 Å². The van der Waals surface area contributed by atoms with Crippen molar-refractivity contribution < 1.29 is 60.1 Å². The van der Waals surface area contributed by atoms with E-state index in [0.29, 0.717) is 17.8 Å². The van der Waals surface area contributed by atoms with Gasteiger partial charge in [0, 0.05) is 17.8 Å². The summed E-state index contributed by atoms with van der Waals surface area (Å²) in [4.78, 5) is 58.6. The summed E-state index contributed by atoms with van der Waals surface area (Å²) >= 11 is 0.425. The smallest absolute Gasteiger partial charge is 0.393 e. The van der Waals surface area contributed by atoms with E-state index in [9.17, 15) is 23.6 Å². The first kappa shape index (κ1) is 44.6. The number of carbonyl (C=O) groups is 1. The fourth-order valence-corrected chi connectivity index (χ4v) is 10.8. The minimum Gasteiger partial charge on any atom is -0.454 e. The van der Waals surface area contributed by atoms with Gasteiger partial charge in [0.25, 0.3) is 5.56 Å². The first-order valence-corrected chi connectivity index (χ1v) is 24.5. The zero-order chi connectivity index (χ0) is 42.4. The predicted octanol–water partition coefficient (Wildman–Crippen LogP) is 5.24. The van der Waals surface area contributed by atoms with Crippen LogP contribution in [0, 0.1) is 0 Å². The molecule has 10 atom stereocenters. The van der Waals surface area contributed by atoms with E-state index in [1.165, 1.54) is 41.1 Å². The minimum atomic E-state index is -4.73. The highest BCUT2D eigenvalue weighted by molar-refractivity contribution is 8.55. The number of imidazole rings is 2. The zero-order valence-corrected chi connectivity index (χ0v) is 35.1. The number of hydrogen-bond acceptors (Lipinski definition) is 18. The molecule has 21 nitrogen and oxygen atoms in total. The molecule has 330 valence electrons. The maximum Gasteiger partial charge on any atom is 0.393 e. The van der Waals surface area contributed by atoms with Crippen LogP contribution in [0.5, 0.6) is 0 Å². The van der Waals surface area contributed by atoms with Crippen LogP contribution in [0.25, 0.3) is 22.3 Å². The maximum absolute atomic E-state index is 16.5. The van der Waals surface area contributed by atoms with E-state index >= 15 is 8.78 Å². The normalized spacial score (nSPS) is 31.3. The van der Waals surface area contributed by atoms with E-state index in [1.54, 1.807) is 0 Å². The number of nitrogens with zero attached hydrogens (tertiary/aromatic N) is 7. The Kier molecular flexibility index (Phi) is 14.7. The Labute approximate surface area is 345 Å². The van der Waals surface area contributed by atoms with Crippen molar-refractivity contribution in [1.82, 2.24) is 39.0 Å². The van der Waals surface area contributed by atoms with Gasteiger partial charge in [-0.1, -0.05) is 58.3 Å². The summed E-state index contributed by atoms with van der Waals surface area (Å²) in [7, 11) is -4.73. The molecule has 0 saturated carbocycles. The first-order chi connectivity index (χ1) is 28.9. The molecule has 3 aliphatic rings. The average Bonchev–Trinajstić information content (AvgIpc) is 3.99. The van der Waals surface area contributed by atoms with Gasteiger partial charge in [-0.2, -0.15) is 0 Å². The third-order valence-corrected chi connectivity index (χ3v) is 14.6. The second kappa shape index (κ2) is 19.7. The van der Waals surface area contributed by atoms with Crippen molar-refractivity contribution in [2.24, 2.45) is 0 Å². The van der Waals surface area contributed by atoms with Gasteiger partial charge in [0.2, 0.25) is 0 Å². The van der Waals surface area contributed by atoms with Crippen LogP contribution in [0.15, 0.2) is 30.1 Å². The Morgan fingerprint density at radius 3 is 2.33 bits per heavy atom. The van der Waals surface area contributed by atoms with Crippen LogP contribution in [0.1, 0.15) is 83.6 Å². The van der Waals surface area contributed by atoms with Gasteiger partial charge in [0.05, 0.1) is 32.2 Å². The number of carbonyl (C=O) groups excluding carboxylic acids is 1. The number of fused-ring (bicyclic) bond motifs is 5. The molecule has 0 radical (unpaired) electrons. The fourth-order valence-electron chi connectivity index (χ4n) is 7.15. The minimum absolute atomic E-state index is 0.0155. The summed E-state index contributed by atoms with van der Waals surface area (Å²) in [6.07, 6.45) is -0.842. The van der Waals surface area contributed by atoms with Gasteiger partial charge in [-0.15, -0.1) is 0 Å². The van der Waals surface area contributed by atoms with Crippen LogP contribution in [-0.4, -0.2) is 112 Å². The number of halogens is 2. The third-order valence-electron chi connectivity index (χ3n) is 10.3. The van der Waals surface area contributed by atoms with Gasteiger partial charge in [0.1, 0.15) is 48.5 Å². The zero-order valence-electron chi connectivity index (χ0n) is 32.5. The molecule has 0 amide bonds. The topological polar surface area (TPSA) is 269 Å². The molecule has 3 fully saturated rings. The summed E-state index contributed by atoms with van der Waals surface area (Å²) in [6, 6.07) is 0. The molecule has 26 heteroatoms. The first-order valence-electron chi connectivity index (χ1n) is 19.6. The van der Waals surface area contributed by atoms with E-state index in [4.69, 9.17) is 38.3 Å². The number of hydrogen-bond donors (Lipinski definition) is 3. The molecule has 60 heavy (non-hydrogen) atoms. The average molecular weight is 906 g/mol. The lowest BCUT2D eigenvalue weighted by atomic mass is 10.1. The molecule has 4 aromatic heterocycles. The lowest BCUT2D eigenvalue weighted by Gasteiger charge is -2.27. The lowest BCUT2D eigenvalue weighted by molar-refractivity contribution is -0.141. The molecule has 7 heterocycles. The van der Waals surface area contributed by atoms with Gasteiger partial charge in [-0.05, 0) is 6.42 Å². The number of nitrogen functional groups attached to an aromatic ring is 1. The Hall–Kier alpha value is -3.44. The Balaban J connectivity index is 1.11. The van der Waals surface area contributed by atoms with Gasteiger partial charge in [-0.25, -0.2) is 38.3 Å². The van der Waals surface area contributed by atoms with Gasteiger partial charge < -0.3 is 39.1 Å². The number of rotatable bonds is 15. The van der Waals surface area contributed by atoms with Gasteiger partial charge >= 0.3 is 20.4 Å². The number of unbranched alkanes of at least 4 members (excludes halogenated alkanes) is 8. The lowest BCUT2D eigenvalue weighted by Crippen LogP contribution is -2.36. The fraction of sp³-hybridized carbons (Fsp3) is 0.676. The van der Waals surface area contributed by atoms with Crippen LogP contribution < -0.4 is 11.3 Å². The Morgan fingerprint density at radius 1 is 0.900 bits per heavy atom. The molecule has 0 spiro atoms.